The highest BCUT2D eigenvalue weighted by molar-refractivity contribution is 5.73. The van der Waals surface area contributed by atoms with Crippen LogP contribution in [0.2, 0.25) is 0 Å². The van der Waals surface area contributed by atoms with Crippen molar-refractivity contribution in [2.45, 2.75) is 141 Å². The number of epoxide rings is 1. The molecule has 0 spiro atoms. The third kappa shape index (κ3) is 7.61. The summed E-state index contributed by atoms with van der Waals surface area (Å²) in [5, 5.41) is 45.7. The fourth-order valence-corrected chi connectivity index (χ4v) is 6.86. The van der Waals surface area contributed by atoms with Crippen LogP contribution in [0.4, 0.5) is 0 Å². The van der Waals surface area contributed by atoms with Crippen molar-refractivity contribution < 1.29 is 44.2 Å². The van der Waals surface area contributed by atoms with E-state index in [0.29, 0.717) is 13.0 Å². The summed E-state index contributed by atoms with van der Waals surface area (Å²) in [6, 6.07) is -0.392. The first kappa shape index (κ1) is 34.6. The molecule has 3 heterocycles. The van der Waals surface area contributed by atoms with Gasteiger partial charge in [-0.1, -0.05) is 27.7 Å². The van der Waals surface area contributed by atoms with Gasteiger partial charge in [-0.05, 0) is 67.1 Å². The van der Waals surface area contributed by atoms with Crippen LogP contribution in [0, 0.1) is 17.8 Å². The van der Waals surface area contributed by atoms with Crippen LogP contribution in [0.25, 0.3) is 0 Å². The molecule has 0 aromatic rings. The molecular weight excluding hydrogens is 532 g/mol. The molecule has 11 heteroatoms. The van der Waals surface area contributed by atoms with E-state index in [0.717, 1.165) is 6.54 Å². The fourth-order valence-electron chi connectivity index (χ4n) is 6.86. The minimum atomic E-state index is -1.73. The predicted octanol–water partition coefficient (Wildman–Crippen LogP) is 1.34. The van der Waals surface area contributed by atoms with E-state index in [1.54, 1.807) is 27.7 Å². The van der Waals surface area contributed by atoms with Crippen LogP contribution in [0.5, 0.6) is 0 Å². The molecule has 3 aliphatic heterocycles. The zero-order valence-corrected chi connectivity index (χ0v) is 26.7. The third-order valence-electron chi connectivity index (χ3n) is 9.87. The smallest absolute Gasteiger partial charge is 0.311 e. The number of aliphatic hydroxyl groups is 4. The molecule has 14 atom stereocenters. The molecule has 3 rings (SSSR count). The number of carbonyl (C=O) groups is 1. The largest absolute Gasteiger partial charge is 0.459 e. The van der Waals surface area contributed by atoms with E-state index in [-0.39, 0.29) is 37.2 Å². The molecule has 3 aliphatic rings. The predicted molar refractivity (Wildman–Crippen MR) is 153 cm³/mol. The van der Waals surface area contributed by atoms with Crippen LogP contribution in [0.3, 0.4) is 0 Å². The van der Waals surface area contributed by atoms with E-state index in [2.05, 4.69) is 11.8 Å². The Kier molecular flexibility index (Phi) is 11.3. The number of hydrogen-bond donors (Lipinski definition) is 4. The van der Waals surface area contributed by atoms with E-state index >= 15 is 0 Å². The van der Waals surface area contributed by atoms with Crippen molar-refractivity contribution in [3.63, 3.8) is 0 Å². The lowest BCUT2D eigenvalue weighted by Crippen LogP contribution is -2.59. The molecule has 0 bridgehead atoms. The number of nitrogens with zero attached hydrogens (tertiary/aromatic N) is 2. The summed E-state index contributed by atoms with van der Waals surface area (Å²) in [6.45, 7) is 15.5. The first-order chi connectivity index (χ1) is 19.0. The van der Waals surface area contributed by atoms with Gasteiger partial charge >= 0.3 is 5.97 Å². The monoisotopic (exact) mass is 588 g/mol. The number of likely N-dealkylation sites (N-methyl/N-ethyl adjacent to an activating group) is 2. The molecule has 0 aromatic carbocycles. The molecule has 0 saturated carbocycles. The Morgan fingerprint density at radius 3 is 2.29 bits per heavy atom. The Bertz CT molecular complexity index is 871. The number of rotatable bonds is 5. The number of ether oxygens (including phenoxy) is 4. The maximum absolute atomic E-state index is 13.6. The number of cyclic esters (lactones) is 1. The van der Waals surface area contributed by atoms with Crippen molar-refractivity contribution in [3.8, 4) is 0 Å². The average Bonchev–Trinajstić information content (AvgIpc) is 3.70. The molecule has 41 heavy (non-hydrogen) atoms. The van der Waals surface area contributed by atoms with E-state index in [1.165, 1.54) is 6.92 Å². The highest BCUT2D eigenvalue weighted by Gasteiger charge is 2.55. The summed E-state index contributed by atoms with van der Waals surface area (Å²) in [6.07, 6.45) is -4.35. The van der Waals surface area contributed by atoms with Crippen molar-refractivity contribution >= 4 is 5.97 Å². The maximum atomic E-state index is 13.6. The first-order valence-electron chi connectivity index (χ1n) is 15.3. The lowest BCUT2D eigenvalue weighted by Gasteiger charge is -2.42. The molecule has 2 unspecified atom stereocenters. The van der Waals surface area contributed by atoms with Crippen LogP contribution in [-0.2, 0) is 23.7 Å². The lowest BCUT2D eigenvalue weighted by atomic mass is 9.78. The summed E-state index contributed by atoms with van der Waals surface area (Å²) >= 11 is 0. The Hall–Kier alpha value is -0.890. The Morgan fingerprint density at radius 2 is 1.71 bits per heavy atom. The van der Waals surface area contributed by atoms with E-state index in [4.69, 9.17) is 18.9 Å². The van der Waals surface area contributed by atoms with Crippen LogP contribution in [-0.4, -0.2) is 130 Å². The number of carbonyl (C=O) groups excluding carboxylic acids is 1. The van der Waals surface area contributed by atoms with Crippen molar-refractivity contribution in [2.75, 3.05) is 27.2 Å². The second-order valence-corrected chi connectivity index (χ2v) is 13.5. The van der Waals surface area contributed by atoms with Gasteiger partial charge in [0.2, 0.25) is 0 Å². The van der Waals surface area contributed by atoms with E-state index < -0.39 is 65.8 Å². The second kappa shape index (κ2) is 13.4. The quantitative estimate of drug-likeness (QED) is 0.273. The molecule has 0 amide bonds. The summed E-state index contributed by atoms with van der Waals surface area (Å²) < 4.78 is 24.1. The Balaban J connectivity index is 1.96. The van der Waals surface area contributed by atoms with Gasteiger partial charge in [-0.2, -0.15) is 0 Å². The molecule has 4 N–H and O–H groups in total. The van der Waals surface area contributed by atoms with Crippen molar-refractivity contribution in [2.24, 2.45) is 17.8 Å². The normalized spacial score (nSPS) is 49.1. The molecule has 240 valence electrons. The molecule has 3 fully saturated rings. The summed E-state index contributed by atoms with van der Waals surface area (Å²) in [7, 11) is 3.86. The van der Waals surface area contributed by atoms with Crippen LogP contribution < -0.4 is 0 Å². The van der Waals surface area contributed by atoms with Crippen molar-refractivity contribution in [1.29, 1.82) is 0 Å². The standard InChI is InChI=1S/C30H56N2O9/c1-11-21-30(8,37)26(34)19(6)32(10)15-16(3)14-29(7,36)25(33)17(4)23(18(5)27(35)38-21)39-22-13-20(31(9)12-2)24-28(40-22)41-24/h16-26,28,33-34,36-37H,11-15H2,1-10H3/t16-,17+,18-,19-,20?,21-,22-,23+,24+,25-,26-,28?,29-,30-/m1/s1. The van der Waals surface area contributed by atoms with Gasteiger partial charge in [0.15, 0.2) is 12.6 Å². The minimum absolute atomic E-state index is 0.0279. The molecular formula is C30H56N2O9. The lowest BCUT2D eigenvalue weighted by molar-refractivity contribution is -0.241. The number of esters is 1. The molecule has 0 radical (unpaired) electrons. The van der Waals surface area contributed by atoms with Gasteiger partial charge in [0.1, 0.15) is 23.9 Å². The van der Waals surface area contributed by atoms with Crippen LogP contribution in [0.15, 0.2) is 0 Å². The average molecular weight is 589 g/mol. The summed E-state index contributed by atoms with van der Waals surface area (Å²) in [4.78, 5) is 17.7. The first-order valence-corrected chi connectivity index (χ1v) is 15.3. The Morgan fingerprint density at radius 1 is 1.07 bits per heavy atom. The molecule has 0 aliphatic carbocycles. The van der Waals surface area contributed by atoms with Crippen LogP contribution in [0.1, 0.15) is 74.7 Å². The van der Waals surface area contributed by atoms with Crippen molar-refractivity contribution in [1.82, 2.24) is 9.80 Å². The maximum Gasteiger partial charge on any atom is 0.311 e. The molecule has 3 saturated heterocycles. The van der Waals surface area contributed by atoms with Gasteiger partial charge in [-0.3, -0.25) is 4.79 Å². The minimum Gasteiger partial charge on any atom is -0.459 e. The van der Waals surface area contributed by atoms with Gasteiger partial charge in [-0.25, -0.2) is 0 Å². The fraction of sp³-hybridized carbons (Fsp3) is 0.967. The SMILES string of the molecule is CC[C@H]1OC(=O)[C@H](C)[C@@H](O[C@H]2CC(N(C)CC)[C@@H]3OC3O2)[C@H](C)[C@@H](O)[C@](C)(O)C[C@@H](C)CN(C)[C@H](C)[C@@H](O)[C@]1(C)O. The van der Waals surface area contributed by atoms with Gasteiger partial charge in [0.05, 0.1) is 23.7 Å². The second-order valence-electron chi connectivity index (χ2n) is 13.5. The van der Waals surface area contributed by atoms with E-state index in [1.807, 2.05) is 32.8 Å². The van der Waals surface area contributed by atoms with Gasteiger partial charge in [0, 0.05) is 31.0 Å². The molecule has 11 nitrogen and oxygen atoms in total. The van der Waals surface area contributed by atoms with E-state index in [9.17, 15) is 25.2 Å². The number of hydrogen-bond acceptors (Lipinski definition) is 11. The number of aliphatic hydroxyl groups excluding tert-OH is 2. The highest BCUT2D eigenvalue weighted by Crippen LogP contribution is 2.40. The topological polar surface area (TPSA) is 145 Å². The summed E-state index contributed by atoms with van der Waals surface area (Å²) in [5.74, 6) is -2.26. The van der Waals surface area contributed by atoms with Gasteiger partial charge in [-0.15, -0.1) is 0 Å². The van der Waals surface area contributed by atoms with Gasteiger partial charge < -0.3 is 49.2 Å². The summed E-state index contributed by atoms with van der Waals surface area (Å²) in [5.41, 5.74) is -3.22. The number of fused-ring (bicyclic) bond motifs is 1. The zero-order chi connectivity index (χ0) is 31.0. The van der Waals surface area contributed by atoms with Crippen molar-refractivity contribution in [3.05, 3.63) is 0 Å². The molecule has 0 aromatic heterocycles. The Labute approximate surface area is 246 Å². The zero-order valence-electron chi connectivity index (χ0n) is 26.7. The van der Waals surface area contributed by atoms with Gasteiger partial charge in [0.25, 0.3) is 0 Å². The third-order valence-corrected chi connectivity index (χ3v) is 9.87. The highest BCUT2D eigenvalue weighted by atomic mass is 16.8. The van der Waals surface area contributed by atoms with Crippen LogP contribution >= 0.6 is 0 Å².